The second-order valence-corrected chi connectivity index (χ2v) is 3.78. The third-order valence-corrected chi connectivity index (χ3v) is 2.70. The van der Waals surface area contributed by atoms with E-state index < -0.39 is 0 Å². The van der Waals surface area contributed by atoms with E-state index in [4.69, 9.17) is 4.74 Å². The predicted molar refractivity (Wildman–Crippen MR) is 52.7 cm³/mol. The number of ether oxygens (including phenoxy) is 1. The fourth-order valence-corrected chi connectivity index (χ4v) is 1.97. The van der Waals surface area contributed by atoms with E-state index in [-0.39, 0.29) is 18.1 Å². The van der Waals surface area contributed by atoms with Crippen LogP contribution in [0.25, 0.3) is 0 Å². The normalized spacial score (nSPS) is 33.5. The summed E-state index contributed by atoms with van der Waals surface area (Å²) in [5, 5.41) is 3.30. The molecule has 2 aliphatic rings. The number of rotatable bonds is 1. The number of carbonyl (C=O) groups is 1. The van der Waals surface area contributed by atoms with E-state index >= 15 is 0 Å². The van der Waals surface area contributed by atoms with Crippen LogP contribution in [-0.2, 0) is 9.53 Å². The third kappa shape index (κ3) is 1.81. The first-order valence-corrected chi connectivity index (χ1v) is 5.09. The Hall–Kier alpha value is -0.870. The van der Waals surface area contributed by atoms with Crippen LogP contribution >= 0.6 is 0 Å². The van der Waals surface area contributed by atoms with Gasteiger partial charge in [-0.1, -0.05) is 6.08 Å². The van der Waals surface area contributed by atoms with Crippen molar-refractivity contribution in [1.29, 1.82) is 0 Å². The maximum atomic E-state index is 11.6. The minimum atomic E-state index is 0.0520. The van der Waals surface area contributed by atoms with Gasteiger partial charge in [0.15, 0.2) is 0 Å². The highest BCUT2D eigenvalue weighted by atomic mass is 16.5. The van der Waals surface area contributed by atoms with Crippen LogP contribution in [0.5, 0.6) is 0 Å². The molecule has 4 nitrogen and oxygen atoms in total. The molecule has 2 heterocycles. The van der Waals surface area contributed by atoms with Crippen molar-refractivity contribution in [2.24, 2.45) is 0 Å². The Morgan fingerprint density at radius 2 is 2.50 bits per heavy atom. The number of morpholine rings is 1. The molecule has 78 valence electrons. The average molecular weight is 196 g/mol. The van der Waals surface area contributed by atoms with Crippen molar-refractivity contribution in [1.82, 2.24) is 10.2 Å². The lowest BCUT2D eigenvalue weighted by molar-refractivity contribution is -0.135. The van der Waals surface area contributed by atoms with Crippen LogP contribution in [0.3, 0.4) is 0 Å². The summed E-state index contributed by atoms with van der Waals surface area (Å²) in [5.41, 5.74) is 0. The van der Waals surface area contributed by atoms with Crippen molar-refractivity contribution in [2.75, 3.05) is 19.8 Å². The minimum absolute atomic E-state index is 0.0520. The van der Waals surface area contributed by atoms with Crippen LogP contribution in [0.1, 0.15) is 13.3 Å². The summed E-state index contributed by atoms with van der Waals surface area (Å²) in [6, 6.07) is 0.270. The Morgan fingerprint density at radius 1 is 1.64 bits per heavy atom. The van der Waals surface area contributed by atoms with Gasteiger partial charge in [-0.15, -0.1) is 0 Å². The fourth-order valence-electron chi connectivity index (χ4n) is 1.97. The molecule has 2 rings (SSSR count). The molecule has 0 saturated carbocycles. The van der Waals surface area contributed by atoms with Crippen molar-refractivity contribution >= 4 is 5.91 Å². The van der Waals surface area contributed by atoms with Crippen molar-refractivity contribution < 1.29 is 9.53 Å². The van der Waals surface area contributed by atoms with Gasteiger partial charge >= 0.3 is 0 Å². The first-order chi connectivity index (χ1) is 6.79. The second-order valence-electron chi connectivity index (χ2n) is 3.78. The monoisotopic (exact) mass is 196 g/mol. The first kappa shape index (κ1) is 9.68. The number of carbonyl (C=O) groups excluding carboxylic acids is 1. The molecule has 0 aliphatic carbocycles. The van der Waals surface area contributed by atoms with Gasteiger partial charge in [-0.05, 0) is 19.4 Å². The third-order valence-electron chi connectivity index (χ3n) is 2.70. The van der Waals surface area contributed by atoms with Gasteiger partial charge in [0.05, 0.1) is 13.2 Å². The van der Waals surface area contributed by atoms with E-state index in [1.165, 1.54) is 0 Å². The second kappa shape index (κ2) is 4.11. The summed E-state index contributed by atoms with van der Waals surface area (Å²) >= 11 is 0. The molecule has 14 heavy (non-hydrogen) atoms. The van der Waals surface area contributed by atoms with Crippen LogP contribution in [-0.4, -0.2) is 42.8 Å². The van der Waals surface area contributed by atoms with E-state index in [2.05, 4.69) is 12.2 Å². The molecule has 0 aromatic heterocycles. The topological polar surface area (TPSA) is 41.6 Å². The molecule has 1 N–H and O–H groups in total. The highest BCUT2D eigenvalue weighted by Crippen LogP contribution is 2.15. The number of nitrogens with zero attached hydrogens (tertiary/aromatic N) is 1. The van der Waals surface area contributed by atoms with Gasteiger partial charge in [-0.3, -0.25) is 10.1 Å². The van der Waals surface area contributed by atoms with Crippen LogP contribution in [0.2, 0.25) is 0 Å². The summed E-state index contributed by atoms with van der Waals surface area (Å²) < 4.78 is 5.35. The van der Waals surface area contributed by atoms with E-state index in [1.54, 1.807) is 6.08 Å². The quantitative estimate of drug-likeness (QED) is 0.647. The van der Waals surface area contributed by atoms with E-state index in [0.29, 0.717) is 6.61 Å². The first-order valence-electron chi connectivity index (χ1n) is 5.09. The summed E-state index contributed by atoms with van der Waals surface area (Å²) in [6.07, 6.45) is 4.57. The van der Waals surface area contributed by atoms with Gasteiger partial charge in [0.25, 0.3) is 0 Å². The zero-order valence-corrected chi connectivity index (χ0v) is 8.40. The van der Waals surface area contributed by atoms with Gasteiger partial charge in [0, 0.05) is 12.6 Å². The van der Waals surface area contributed by atoms with Crippen LogP contribution in [0, 0.1) is 0 Å². The van der Waals surface area contributed by atoms with Gasteiger partial charge in [-0.2, -0.15) is 0 Å². The Kier molecular flexibility index (Phi) is 2.84. The van der Waals surface area contributed by atoms with Gasteiger partial charge < -0.3 is 9.64 Å². The molecular formula is C10H16N2O2. The van der Waals surface area contributed by atoms with E-state index in [9.17, 15) is 4.79 Å². The number of hydrogen-bond acceptors (Lipinski definition) is 3. The highest BCUT2D eigenvalue weighted by molar-refractivity contribution is 5.88. The zero-order chi connectivity index (χ0) is 9.97. The molecule has 0 aromatic rings. The highest BCUT2D eigenvalue weighted by Gasteiger charge is 2.29. The molecule has 0 spiro atoms. The predicted octanol–water partition coefficient (Wildman–Crippen LogP) is 0.109. The van der Waals surface area contributed by atoms with Gasteiger partial charge in [-0.25, -0.2) is 0 Å². The molecule has 4 heteroatoms. The van der Waals surface area contributed by atoms with Crippen molar-refractivity contribution in [3.63, 3.8) is 0 Å². The smallest absolute Gasteiger partial charge is 0.247 e. The van der Waals surface area contributed by atoms with E-state index in [0.717, 1.165) is 19.6 Å². The maximum Gasteiger partial charge on any atom is 0.247 e. The van der Waals surface area contributed by atoms with Gasteiger partial charge in [0.1, 0.15) is 6.17 Å². The molecule has 1 fully saturated rings. The number of nitrogens with one attached hydrogen (secondary N) is 1. The molecule has 0 aromatic carbocycles. The summed E-state index contributed by atoms with van der Waals surface area (Å²) in [6.45, 7) is 4.23. The standard InChI is InChI=1S/C10H16N2O2/c1-8-3-2-4-10(13)12(8)9-7-14-6-5-11-9/h2,4,8-9,11H,3,5-7H2,1H3. The number of hydrogen-bond donors (Lipinski definition) is 1. The van der Waals surface area contributed by atoms with Gasteiger partial charge in [0.2, 0.25) is 5.91 Å². The molecule has 0 radical (unpaired) electrons. The molecule has 2 atom stereocenters. The lowest BCUT2D eigenvalue weighted by Crippen LogP contribution is -2.58. The largest absolute Gasteiger partial charge is 0.377 e. The maximum absolute atomic E-state index is 11.6. The fraction of sp³-hybridized carbons (Fsp3) is 0.700. The Balaban J connectivity index is 2.06. The summed E-state index contributed by atoms with van der Waals surface area (Å²) in [4.78, 5) is 13.5. The lowest BCUT2D eigenvalue weighted by atomic mass is 10.1. The minimum Gasteiger partial charge on any atom is -0.377 e. The van der Waals surface area contributed by atoms with E-state index in [1.807, 2.05) is 11.0 Å². The average Bonchev–Trinajstić information content (AvgIpc) is 2.19. The molecule has 2 unspecified atom stereocenters. The molecule has 0 bridgehead atoms. The lowest BCUT2D eigenvalue weighted by Gasteiger charge is -2.39. The summed E-state index contributed by atoms with van der Waals surface area (Å²) in [5.74, 6) is 0.0896. The van der Waals surface area contributed by atoms with Crippen molar-refractivity contribution in [3.05, 3.63) is 12.2 Å². The zero-order valence-electron chi connectivity index (χ0n) is 8.40. The molecule has 1 amide bonds. The molecular weight excluding hydrogens is 180 g/mol. The Bertz CT molecular complexity index is 247. The van der Waals surface area contributed by atoms with Crippen LogP contribution in [0.15, 0.2) is 12.2 Å². The SMILES string of the molecule is CC1CC=CC(=O)N1C1COCCN1. The Labute approximate surface area is 83.9 Å². The number of amides is 1. The molecule has 2 aliphatic heterocycles. The Morgan fingerprint density at radius 3 is 3.14 bits per heavy atom. The van der Waals surface area contributed by atoms with Crippen LogP contribution < -0.4 is 5.32 Å². The van der Waals surface area contributed by atoms with Crippen molar-refractivity contribution in [2.45, 2.75) is 25.6 Å². The summed E-state index contributed by atoms with van der Waals surface area (Å²) in [7, 11) is 0. The van der Waals surface area contributed by atoms with Crippen molar-refractivity contribution in [3.8, 4) is 0 Å². The molecule has 1 saturated heterocycles. The van der Waals surface area contributed by atoms with Crippen LogP contribution in [0.4, 0.5) is 0 Å².